The van der Waals surface area contributed by atoms with Gasteiger partial charge in [-0.1, -0.05) is 11.6 Å². The summed E-state index contributed by atoms with van der Waals surface area (Å²) in [6, 6.07) is 5.84. The molecule has 2 aliphatic heterocycles. The van der Waals surface area contributed by atoms with Crippen LogP contribution in [0.25, 0.3) is 5.69 Å². The minimum atomic E-state index is 0.0511. The summed E-state index contributed by atoms with van der Waals surface area (Å²) < 4.78 is 0. The molecule has 0 bridgehead atoms. The lowest BCUT2D eigenvalue weighted by molar-refractivity contribution is 0.0782. The number of benzene rings is 1. The number of amides is 1. The van der Waals surface area contributed by atoms with E-state index in [-0.39, 0.29) is 5.91 Å². The number of likely N-dealkylation sites (tertiary alicyclic amines) is 1. The standard InChI is InChI=1S/C23H27N7O/c1-14-5-6-21(30-24-7-8-25-30)20(9-14)22(31)28-10-18-12-29(13-19(18)11-28)23-26-16(3)15(2)17(4)27-23/h5-9,18-19H,10-13H2,1-4H3/t18-,19+. The molecule has 1 amide bonds. The van der Waals surface area contributed by atoms with Crippen LogP contribution in [0.5, 0.6) is 0 Å². The third kappa shape index (κ3) is 3.45. The van der Waals surface area contributed by atoms with Gasteiger partial charge in [-0.25, -0.2) is 9.97 Å². The number of hydrogen-bond acceptors (Lipinski definition) is 6. The second kappa shape index (κ2) is 7.44. The van der Waals surface area contributed by atoms with Crippen molar-refractivity contribution in [3.05, 3.63) is 58.7 Å². The number of fused-ring (bicyclic) bond motifs is 1. The summed E-state index contributed by atoms with van der Waals surface area (Å²) in [5.74, 6) is 1.74. The number of anilines is 1. The molecular weight excluding hydrogens is 390 g/mol. The molecule has 2 atom stereocenters. The zero-order valence-corrected chi connectivity index (χ0v) is 18.4. The van der Waals surface area contributed by atoms with Crippen molar-refractivity contribution >= 4 is 11.9 Å². The maximum atomic E-state index is 13.4. The van der Waals surface area contributed by atoms with E-state index in [1.165, 1.54) is 4.80 Å². The maximum Gasteiger partial charge on any atom is 0.256 e. The van der Waals surface area contributed by atoms with Crippen LogP contribution in [-0.4, -0.2) is 61.9 Å². The summed E-state index contributed by atoms with van der Waals surface area (Å²) in [7, 11) is 0. The third-order valence-electron chi connectivity index (χ3n) is 6.69. The van der Waals surface area contributed by atoms with Crippen LogP contribution in [0.1, 0.15) is 32.9 Å². The summed E-state index contributed by atoms with van der Waals surface area (Å²) in [6.45, 7) is 11.4. The highest BCUT2D eigenvalue weighted by atomic mass is 16.2. The Morgan fingerprint density at radius 3 is 2.13 bits per heavy atom. The monoisotopic (exact) mass is 417 g/mol. The molecule has 31 heavy (non-hydrogen) atoms. The smallest absolute Gasteiger partial charge is 0.256 e. The summed E-state index contributed by atoms with van der Waals surface area (Å²) in [5.41, 5.74) is 5.65. The number of aromatic nitrogens is 5. The quantitative estimate of drug-likeness (QED) is 0.651. The van der Waals surface area contributed by atoms with E-state index in [1.807, 2.05) is 43.9 Å². The van der Waals surface area contributed by atoms with E-state index < -0.39 is 0 Å². The zero-order chi connectivity index (χ0) is 21.7. The molecule has 0 spiro atoms. The van der Waals surface area contributed by atoms with Crippen molar-refractivity contribution in [1.82, 2.24) is 29.9 Å². The Morgan fingerprint density at radius 1 is 0.903 bits per heavy atom. The van der Waals surface area contributed by atoms with Gasteiger partial charge in [0.05, 0.1) is 23.6 Å². The molecule has 2 saturated heterocycles. The second-order valence-electron chi connectivity index (χ2n) is 8.79. The second-order valence-corrected chi connectivity index (χ2v) is 8.79. The molecule has 8 nitrogen and oxygen atoms in total. The molecule has 1 aromatic carbocycles. The van der Waals surface area contributed by atoms with Gasteiger partial charge in [-0.2, -0.15) is 15.0 Å². The van der Waals surface area contributed by atoms with Gasteiger partial charge in [0, 0.05) is 49.4 Å². The SMILES string of the molecule is Cc1ccc(-n2nccn2)c(C(=O)N2C[C@@H]3CN(c4nc(C)c(C)c(C)n4)C[C@@H]3C2)c1. The Balaban J connectivity index is 1.33. The van der Waals surface area contributed by atoms with Gasteiger partial charge in [0.25, 0.3) is 5.91 Å². The fraction of sp³-hybridized carbons (Fsp3) is 0.435. The van der Waals surface area contributed by atoms with E-state index in [1.54, 1.807) is 12.4 Å². The fourth-order valence-electron chi connectivity index (χ4n) is 4.72. The number of hydrogen-bond donors (Lipinski definition) is 0. The van der Waals surface area contributed by atoms with Crippen LogP contribution < -0.4 is 4.90 Å². The molecule has 2 fully saturated rings. The number of rotatable bonds is 3. The predicted molar refractivity (Wildman–Crippen MR) is 117 cm³/mol. The number of carbonyl (C=O) groups is 1. The summed E-state index contributed by atoms with van der Waals surface area (Å²) in [6.07, 6.45) is 3.25. The summed E-state index contributed by atoms with van der Waals surface area (Å²) in [4.78, 5) is 28.7. The molecule has 2 aliphatic rings. The van der Waals surface area contributed by atoms with Crippen LogP contribution in [0.2, 0.25) is 0 Å². The lowest BCUT2D eigenvalue weighted by Crippen LogP contribution is -2.34. The average Bonchev–Trinajstić information content (AvgIpc) is 3.47. The van der Waals surface area contributed by atoms with Gasteiger partial charge in [0.15, 0.2) is 0 Å². The molecule has 2 aromatic heterocycles. The topological polar surface area (TPSA) is 80.0 Å². The first kappa shape index (κ1) is 19.7. The highest BCUT2D eigenvalue weighted by molar-refractivity contribution is 5.98. The van der Waals surface area contributed by atoms with E-state index in [0.717, 1.165) is 60.3 Å². The van der Waals surface area contributed by atoms with Gasteiger partial charge >= 0.3 is 0 Å². The normalized spacial score (nSPS) is 20.4. The minimum absolute atomic E-state index is 0.0511. The largest absolute Gasteiger partial charge is 0.340 e. The van der Waals surface area contributed by atoms with Crippen LogP contribution in [0.15, 0.2) is 30.6 Å². The third-order valence-corrected chi connectivity index (χ3v) is 6.69. The Bertz CT molecular complexity index is 1100. The lowest BCUT2D eigenvalue weighted by Gasteiger charge is -2.23. The molecule has 8 heteroatoms. The van der Waals surface area contributed by atoms with Crippen molar-refractivity contribution < 1.29 is 4.79 Å². The molecule has 0 N–H and O–H groups in total. The van der Waals surface area contributed by atoms with Crippen molar-refractivity contribution in [3.8, 4) is 5.69 Å². The summed E-state index contributed by atoms with van der Waals surface area (Å²) in [5, 5.41) is 8.44. The van der Waals surface area contributed by atoms with Crippen molar-refractivity contribution in [2.24, 2.45) is 11.8 Å². The summed E-state index contributed by atoms with van der Waals surface area (Å²) >= 11 is 0. The first-order valence-electron chi connectivity index (χ1n) is 10.7. The van der Waals surface area contributed by atoms with E-state index in [2.05, 4.69) is 22.0 Å². The van der Waals surface area contributed by atoms with Crippen molar-refractivity contribution in [2.45, 2.75) is 27.7 Å². The van der Waals surface area contributed by atoms with Crippen LogP contribution >= 0.6 is 0 Å². The van der Waals surface area contributed by atoms with Crippen LogP contribution in [0.4, 0.5) is 5.95 Å². The van der Waals surface area contributed by atoms with E-state index in [9.17, 15) is 4.79 Å². The number of aryl methyl sites for hydroxylation is 3. The van der Waals surface area contributed by atoms with Gasteiger partial charge in [-0.05, 0) is 45.4 Å². The zero-order valence-electron chi connectivity index (χ0n) is 18.4. The van der Waals surface area contributed by atoms with Crippen molar-refractivity contribution in [3.63, 3.8) is 0 Å². The molecule has 3 aromatic rings. The van der Waals surface area contributed by atoms with Gasteiger partial charge < -0.3 is 9.80 Å². The Labute approximate surface area is 181 Å². The molecule has 4 heterocycles. The molecule has 0 aliphatic carbocycles. The number of carbonyl (C=O) groups excluding carboxylic acids is 1. The molecule has 0 saturated carbocycles. The van der Waals surface area contributed by atoms with Crippen LogP contribution in [0, 0.1) is 39.5 Å². The Morgan fingerprint density at radius 2 is 1.52 bits per heavy atom. The minimum Gasteiger partial charge on any atom is -0.340 e. The van der Waals surface area contributed by atoms with E-state index in [0.29, 0.717) is 17.4 Å². The highest BCUT2D eigenvalue weighted by Gasteiger charge is 2.43. The van der Waals surface area contributed by atoms with E-state index >= 15 is 0 Å². The molecular formula is C23H27N7O. The number of nitrogens with zero attached hydrogens (tertiary/aromatic N) is 7. The lowest BCUT2D eigenvalue weighted by atomic mass is 10.0. The Hall–Kier alpha value is -3.29. The van der Waals surface area contributed by atoms with Gasteiger partial charge in [-0.3, -0.25) is 4.79 Å². The molecule has 0 radical (unpaired) electrons. The average molecular weight is 418 g/mol. The molecule has 5 rings (SSSR count). The van der Waals surface area contributed by atoms with Gasteiger partial charge in [-0.15, -0.1) is 0 Å². The highest BCUT2D eigenvalue weighted by Crippen LogP contribution is 2.34. The van der Waals surface area contributed by atoms with Gasteiger partial charge in [0.1, 0.15) is 0 Å². The Kier molecular flexibility index (Phi) is 4.72. The predicted octanol–water partition coefficient (Wildman–Crippen LogP) is 2.50. The fourth-order valence-corrected chi connectivity index (χ4v) is 4.72. The maximum absolute atomic E-state index is 13.4. The van der Waals surface area contributed by atoms with Crippen LogP contribution in [-0.2, 0) is 0 Å². The van der Waals surface area contributed by atoms with Crippen molar-refractivity contribution in [1.29, 1.82) is 0 Å². The first-order chi connectivity index (χ1) is 14.9. The van der Waals surface area contributed by atoms with E-state index in [4.69, 9.17) is 9.97 Å². The van der Waals surface area contributed by atoms with Crippen LogP contribution in [0.3, 0.4) is 0 Å². The molecule has 0 unspecified atom stereocenters. The first-order valence-corrected chi connectivity index (χ1v) is 10.7. The van der Waals surface area contributed by atoms with Crippen molar-refractivity contribution in [2.75, 3.05) is 31.1 Å². The van der Waals surface area contributed by atoms with Gasteiger partial charge in [0.2, 0.25) is 5.95 Å². The molecule has 160 valence electrons.